The van der Waals surface area contributed by atoms with Crippen molar-refractivity contribution in [2.75, 3.05) is 26.2 Å². The average molecular weight is 535 g/mol. The van der Waals surface area contributed by atoms with E-state index in [9.17, 15) is 27.9 Å². The highest BCUT2D eigenvalue weighted by Gasteiger charge is 2.41. The Labute approximate surface area is 220 Å². The smallest absolute Gasteiger partial charge is 0.416 e. The van der Waals surface area contributed by atoms with Crippen molar-refractivity contribution >= 4 is 12.0 Å². The number of alkyl halides is 3. The average Bonchev–Trinajstić information content (AvgIpc) is 3.26. The normalized spacial score (nSPS) is 20.9. The van der Waals surface area contributed by atoms with Crippen molar-refractivity contribution < 1.29 is 37.3 Å². The van der Waals surface area contributed by atoms with Crippen LogP contribution in [0.1, 0.15) is 61.5 Å². The standard InChI is InChI=1S/C28H33F3N2O5/c1-26(2,3)38-25(35)33-17-14-27(36,18-33)20-6-4-19(5-7-20)24(34)32-15-12-23(13-16-32)37-22-10-8-21(9-11-22)28(29,30)31/h4-11,23,36H,12-18H2,1-3H3. The number of hydrogen-bond donors (Lipinski definition) is 1. The van der Waals surface area contributed by atoms with E-state index in [-0.39, 0.29) is 18.6 Å². The summed E-state index contributed by atoms with van der Waals surface area (Å²) in [5, 5.41) is 11.1. The van der Waals surface area contributed by atoms with Gasteiger partial charge in [0.15, 0.2) is 0 Å². The fraction of sp³-hybridized carbons (Fsp3) is 0.500. The number of amides is 2. The fourth-order valence-electron chi connectivity index (χ4n) is 4.71. The molecule has 1 unspecified atom stereocenters. The molecule has 2 aliphatic heterocycles. The van der Waals surface area contributed by atoms with Gasteiger partial charge in [-0.15, -0.1) is 0 Å². The summed E-state index contributed by atoms with van der Waals surface area (Å²) in [6.45, 7) is 6.77. The fourth-order valence-corrected chi connectivity index (χ4v) is 4.71. The first-order valence-corrected chi connectivity index (χ1v) is 12.7. The lowest BCUT2D eigenvalue weighted by Crippen LogP contribution is -2.41. The van der Waals surface area contributed by atoms with E-state index in [4.69, 9.17) is 9.47 Å². The minimum Gasteiger partial charge on any atom is -0.490 e. The Morgan fingerprint density at radius 1 is 0.921 bits per heavy atom. The van der Waals surface area contributed by atoms with E-state index >= 15 is 0 Å². The highest BCUT2D eigenvalue weighted by atomic mass is 19.4. The van der Waals surface area contributed by atoms with E-state index in [0.29, 0.717) is 55.8 Å². The molecule has 2 fully saturated rings. The molecule has 1 atom stereocenters. The van der Waals surface area contributed by atoms with Gasteiger partial charge in [0.25, 0.3) is 5.91 Å². The Hall–Kier alpha value is -3.27. The van der Waals surface area contributed by atoms with Gasteiger partial charge in [-0.2, -0.15) is 13.2 Å². The van der Waals surface area contributed by atoms with Crippen LogP contribution in [0.4, 0.5) is 18.0 Å². The minimum atomic E-state index is -4.39. The summed E-state index contributed by atoms with van der Waals surface area (Å²) in [4.78, 5) is 28.6. The van der Waals surface area contributed by atoms with Crippen LogP contribution in [0.5, 0.6) is 5.75 Å². The summed E-state index contributed by atoms with van der Waals surface area (Å²) in [6, 6.07) is 11.4. The molecule has 206 valence electrons. The van der Waals surface area contributed by atoms with Gasteiger partial charge < -0.3 is 24.4 Å². The van der Waals surface area contributed by atoms with Crippen molar-refractivity contribution in [2.24, 2.45) is 0 Å². The highest BCUT2D eigenvalue weighted by Crippen LogP contribution is 2.34. The molecule has 10 heteroatoms. The first kappa shape index (κ1) is 27.8. The third-order valence-corrected chi connectivity index (χ3v) is 6.78. The van der Waals surface area contributed by atoms with E-state index in [0.717, 1.165) is 12.1 Å². The number of benzene rings is 2. The van der Waals surface area contributed by atoms with E-state index < -0.39 is 29.0 Å². The highest BCUT2D eigenvalue weighted by molar-refractivity contribution is 5.94. The number of rotatable bonds is 4. The lowest BCUT2D eigenvalue weighted by Gasteiger charge is -2.32. The molecule has 4 rings (SSSR count). The molecule has 0 aromatic heterocycles. The van der Waals surface area contributed by atoms with Crippen LogP contribution in [0, 0.1) is 0 Å². The largest absolute Gasteiger partial charge is 0.490 e. The van der Waals surface area contributed by atoms with E-state index in [1.54, 1.807) is 49.9 Å². The first-order valence-electron chi connectivity index (χ1n) is 12.7. The van der Waals surface area contributed by atoms with Crippen molar-refractivity contribution in [1.29, 1.82) is 0 Å². The number of nitrogens with zero attached hydrogens (tertiary/aromatic N) is 2. The quantitative estimate of drug-likeness (QED) is 0.582. The van der Waals surface area contributed by atoms with Crippen LogP contribution in [0.2, 0.25) is 0 Å². The van der Waals surface area contributed by atoms with Gasteiger partial charge >= 0.3 is 12.3 Å². The van der Waals surface area contributed by atoms with Crippen molar-refractivity contribution in [3.8, 4) is 5.75 Å². The number of β-amino-alcohol motifs (C(OH)–C–C–N with tert-alkyl or cyclic N) is 1. The summed E-state index contributed by atoms with van der Waals surface area (Å²) in [6.07, 6.45) is -3.56. The summed E-state index contributed by atoms with van der Waals surface area (Å²) in [5.41, 5.74) is -1.45. The molecule has 2 aromatic rings. The zero-order valence-electron chi connectivity index (χ0n) is 21.8. The van der Waals surface area contributed by atoms with Gasteiger partial charge in [-0.1, -0.05) is 12.1 Å². The van der Waals surface area contributed by atoms with Gasteiger partial charge in [-0.25, -0.2) is 4.79 Å². The topological polar surface area (TPSA) is 79.3 Å². The number of halogens is 3. The molecule has 7 nitrogen and oxygen atoms in total. The molecule has 0 aliphatic carbocycles. The van der Waals surface area contributed by atoms with Crippen molar-refractivity contribution in [1.82, 2.24) is 9.80 Å². The van der Waals surface area contributed by atoms with Crippen LogP contribution >= 0.6 is 0 Å². The van der Waals surface area contributed by atoms with Gasteiger partial charge in [0.05, 0.1) is 12.1 Å². The summed E-state index contributed by atoms with van der Waals surface area (Å²) in [7, 11) is 0. The van der Waals surface area contributed by atoms with Crippen LogP contribution in [0.3, 0.4) is 0 Å². The van der Waals surface area contributed by atoms with Crippen LogP contribution in [0.15, 0.2) is 48.5 Å². The third-order valence-electron chi connectivity index (χ3n) is 6.78. The molecule has 2 amide bonds. The molecule has 2 aromatic carbocycles. The predicted octanol–water partition coefficient (Wildman–Crippen LogP) is 5.22. The number of carbonyl (C=O) groups excluding carboxylic acids is 2. The van der Waals surface area contributed by atoms with Crippen molar-refractivity contribution in [3.63, 3.8) is 0 Å². The minimum absolute atomic E-state index is 0.113. The molecule has 38 heavy (non-hydrogen) atoms. The van der Waals surface area contributed by atoms with Crippen LogP contribution in [0.25, 0.3) is 0 Å². The van der Waals surface area contributed by atoms with E-state index in [1.807, 2.05) is 0 Å². The Morgan fingerprint density at radius 2 is 1.53 bits per heavy atom. The molecule has 0 radical (unpaired) electrons. The zero-order valence-corrected chi connectivity index (χ0v) is 21.8. The second-order valence-corrected chi connectivity index (χ2v) is 10.9. The Balaban J connectivity index is 1.29. The van der Waals surface area contributed by atoms with Crippen LogP contribution < -0.4 is 4.74 Å². The maximum atomic E-state index is 13.0. The van der Waals surface area contributed by atoms with Crippen LogP contribution in [-0.4, -0.2) is 64.8 Å². The molecule has 0 saturated carbocycles. The number of aliphatic hydroxyl groups is 1. The predicted molar refractivity (Wildman–Crippen MR) is 134 cm³/mol. The number of hydrogen-bond acceptors (Lipinski definition) is 5. The summed E-state index contributed by atoms with van der Waals surface area (Å²) >= 11 is 0. The second-order valence-electron chi connectivity index (χ2n) is 10.9. The Bertz CT molecular complexity index is 1140. The van der Waals surface area contributed by atoms with Gasteiger partial charge in [0, 0.05) is 38.0 Å². The molecular formula is C28H33F3N2O5. The van der Waals surface area contributed by atoms with Crippen molar-refractivity contribution in [3.05, 3.63) is 65.2 Å². The van der Waals surface area contributed by atoms with Gasteiger partial charge in [-0.05, 0) is 69.2 Å². The van der Waals surface area contributed by atoms with E-state index in [2.05, 4.69) is 0 Å². The lowest BCUT2D eigenvalue weighted by atomic mass is 9.92. The second kappa shape index (κ2) is 10.5. The molecule has 2 saturated heterocycles. The van der Waals surface area contributed by atoms with Gasteiger partial charge in [0.2, 0.25) is 0 Å². The number of piperidine rings is 1. The van der Waals surface area contributed by atoms with E-state index in [1.165, 1.54) is 17.0 Å². The SMILES string of the molecule is CC(C)(C)OC(=O)N1CCC(O)(c2ccc(C(=O)N3CCC(Oc4ccc(C(F)(F)F)cc4)CC3)cc2)C1. The number of likely N-dealkylation sites (tertiary alicyclic amines) is 2. The molecule has 2 aliphatic rings. The maximum Gasteiger partial charge on any atom is 0.416 e. The number of carbonyl (C=O) groups is 2. The van der Waals surface area contributed by atoms with Gasteiger partial charge in [-0.3, -0.25) is 4.79 Å². The Kier molecular flexibility index (Phi) is 7.65. The molecule has 0 spiro atoms. The van der Waals surface area contributed by atoms with Gasteiger partial charge in [0.1, 0.15) is 23.1 Å². The first-order chi connectivity index (χ1) is 17.7. The lowest BCUT2D eigenvalue weighted by molar-refractivity contribution is -0.137. The summed E-state index contributed by atoms with van der Waals surface area (Å²) < 4.78 is 49.4. The molecule has 0 bridgehead atoms. The van der Waals surface area contributed by atoms with Crippen molar-refractivity contribution in [2.45, 2.75) is 63.5 Å². The molecule has 1 N–H and O–H groups in total. The third kappa shape index (κ3) is 6.59. The molecule has 2 heterocycles. The van der Waals surface area contributed by atoms with Crippen LogP contribution in [-0.2, 0) is 16.5 Å². The monoisotopic (exact) mass is 534 g/mol. The zero-order chi connectivity index (χ0) is 27.7. The Morgan fingerprint density at radius 3 is 2.08 bits per heavy atom. The summed E-state index contributed by atoms with van der Waals surface area (Å²) in [5.74, 6) is 0.228. The number of ether oxygens (including phenoxy) is 2. The maximum absolute atomic E-state index is 13.0. The molecular weight excluding hydrogens is 501 g/mol.